The van der Waals surface area contributed by atoms with Gasteiger partial charge in [0.15, 0.2) is 0 Å². The van der Waals surface area contributed by atoms with E-state index < -0.39 is 0 Å². The van der Waals surface area contributed by atoms with Gasteiger partial charge in [-0.3, -0.25) is 0 Å². The maximum absolute atomic E-state index is 6.32. The van der Waals surface area contributed by atoms with Gasteiger partial charge in [0.05, 0.1) is 0 Å². The molecular formula is C17H28N2. The number of hydrogen-bond donors (Lipinski definition) is 1. The molecule has 2 nitrogen and oxygen atoms in total. The third kappa shape index (κ3) is 4.05. The fourth-order valence-electron chi connectivity index (χ4n) is 3.15. The Morgan fingerprint density at radius 1 is 1.21 bits per heavy atom. The number of benzene rings is 1. The third-order valence-corrected chi connectivity index (χ3v) is 4.48. The van der Waals surface area contributed by atoms with Gasteiger partial charge < -0.3 is 10.6 Å². The van der Waals surface area contributed by atoms with Gasteiger partial charge >= 0.3 is 0 Å². The molecule has 0 spiro atoms. The lowest BCUT2D eigenvalue weighted by atomic mass is 10.0. The van der Waals surface area contributed by atoms with E-state index in [1.54, 1.807) is 0 Å². The highest BCUT2D eigenvalue weighted by atomic mass is 15.1. The summed E-state index contributed by atoms with van der Waals surface area (Å²) in [6, 6.07) is 9.65. The molecule has 1 atom stereocenters. The van der Waals surface area contributed by atoms with Crippen LogP contribution in [0.3, 0.4) is 0 Å². The van der Waals surface area contributed by atoms with E-state index >= 15 is 0 Å². The minimum absolute atomic E-state index is 0.177. The van der Waals surface area contributed by atoms with Gasteiger partial charge in [-0.05, 0) is 38.3 Å². The summed E-state index contributed by atoms with van der Waals surface area (Å²) in [6.07, 6.45) is 6.64. The Labute approximate surface area is 118 Å². The average Bonchev–Trinajstić information content (AvgIpc) is 2.94. The summed E-state index contributed by atoms with van der Waals surface area (Å²) < 4.78 is 0. The largest absolute Gasteiger partial charge is 0.324 e. The van der Waals surface area contributed by atoms with E-state index in [-0.39, 0.29) is 6.04 Å². The first-order chi connectivity index (χ1) is 9.20. The minimum atomic E-state index is 0.177. The quantitative estimate of drug-likeness (QED) is 0.846. The minimum Gasteiger partial charge on any atom is -0.324 e. The van der Waals surface area contributed by atoms with Crippen molar-refractivity contribution in [3.8, 4) is 0 Å². The first kappa shape index (κ1) is 14.5. The molecule has 106 valence electrons. The summed E-state index contributed by atoms with van der Waals surface area (Å²) in [7, 11) is 0. The van der Waals surface area contributed by atoms with Gasteiger partial charge in [-0.25, -0.2) is 0 Å². The Morgan fingerprint density at radius 2 is 1.84 bits per heavy atom. The van der Waals surface area contributed by atoms with Crippen LogP contribution in [0, 0.1) is 6.92 Å². The first-order valence-corrected chi connectivity index (χ1v) is 7.77. The molecule has 1 unspecified atom stereocenters. The molecule has 0 heterocycles. The number of nitrogens with two attached hydrogens (primary N) is 1. The molecule has 1 aromatic rings. The molecule has 1 aliphatic carbocycles. The van der Waals surface area contributed by atoms with Gasteiger partial charge in [0, 0.05) is 18.6 Å². The van der Waals surface area contributed by atoms with E-state index in [1.165, 1.54) is 36.8 Å². The molecule has 0 aromatic heterocycles. The normalized spacial score (nSPS) is 18.1. The zero-order valence-electron chi connectivity index (χ0n) is 12.4. The summed E-state index contributed by atoms with van der Waals surface area (Å²) in [5.41, 5.74) is 8.89. The molecule has 2 rings (SSSR count). The van der Waals surface area contributed by atoms with Crippen molar-refractivity contribution in [3.63, 3.8) is 0 Å². The Morgan fingerprint density at radius 3 is 2.42 bits per heavy atom. The van der Waals surface area contributed by atoms with Crippen molar-refractivity contribution in [2.75, 3.05) is 13.1 Å². The van der Waals surface area contributed by atoms with Gasteiger partial charge in [-0.15, -0.1) is 0 Å². The topological polar surface area (TPSA) is 29.3 Å². The smallest absolute Gasteiger partial charge is 0.0307 e. The van der Waals surface area contributed by atoms with E-state index in [4.69, 9.17) is 5.73 Å². The van der Waals surface area contributed by atoms with Crippen LogP contribution in [-0.2, 0) is 0 Å². The van der Waals surface area contributed by atoms with Crippen molar-refractivity contribution in [3.05, 3.63) is 35.4 Å². The Bertz CT molecular complexity index is 365. The number of hydrogen-bond acceptors (Lipinski definition) is 2. The van der Waals surface area contributed by atoms with Crippen molar-refractivity contribution in [2.24, 2.45) is 5.73 Å². The Kier molecular flexibility index (Phi) is 5.41. The zero-order valence-corrected chi connectivity index (χ0v) is 12.4. The molecular weight excluding hydrogens is 232 g/mol. The molecule has 1 aromatic carbocycles. The summed E-state index contributed by atoms with van der Waals surface area (Å²) in [5.74, 6) is 0. The first-order valence-electron chi connectivity index (χ1n) is 7.77. The van der Waals surface area contributed by atoms with Crippen molar-refractivity contribution in [1.82, 2.24) is 4.90 Å². The maximum atomic E-state index is 6.32. The molecule has 19 heavy (non-hydrogen) atoms. The van der Waals surface area contributed by atoms with Crippen LogP contribution in [0.4, 0.5) is 0 Å². The standard InChI is InChI=1S/C17H28N2/c1-3-19(16-6-4-5-7-16)13-12-17(18)15-10-8-14(2)9-11-15/h8-11,16-17H,3-7,12-13,18H2,1-2H3. The molecule has 1 aliphatic rings. The second-order valence-electron chi connectivity index (χ2n) is 5.87. The third-order valence-electron chi connectivity index (χ3n) is 4.48. The van der Waals surface area contributed by atoms with Crippen molar-refractivity contribution < 1.29 is 0 Å². The van der Waals surface area contributed by atoms with Gasteiger partial charge in [-0.1, -0.05) is 49.6 Å². The van der Waals surface area contributed by atoms with Crippen LogP contribution in [0.15, 0.2) is 24.3 Å². The Hall–Kier alpha value is -0.860. The highest BCUT2D eigenvalue weighted by Crippen LogP contribution is 2.24. The van der Waals surface area contributed by atoms with Crippen LogP contribution >= 0.6 is 0 Å². The number of rotatable bonds is 6. The highest BCUT2D eigenvalue weighted by Gasteiger charge is 2.21. The molecule has 0 saturated heterocycles. The lowest BCUT2D eigenvalue weighted by molar-refractivity contribution is 0.202. The monoisotopic (exact) mass is 260 g/mol. The van der Waals surface area contributed by atoms with Crippen LogP contribution in [0.1, 0.15) is 56.2 Å². The van der Waals surface area contributed by atoms with Gasteiger partial charge in [-0.2, -0.15) is 0 Å². The summed E-state index contributed by atoms with van der Waals surface area (Å²) in [4.78, 5) is 2.63. The number of aryl methyl sites for hydroxylation is 1. The van der Waals surface area contributed by atoms with E-state index in [9.17, 15) is 0 Å². The average molecular weight is 260 g/mol. The van der Waals surface area contributed by atoms with Gasteiger partial charge in [0.25, 0.3) is 0 Å². The van der Waals surface area contributed by atoms with E-state index in [1.807, 2.05) is 0 Å². The second kappa shape index (κ2) is 7.06. The molecule has 1 fully saturated rings. The summed E-state index contributed by atoms with van der Waals surface area (Å²) >= 11 is 0. The summed E-state index contributed by atoms with van der Waals surface area (Å²) in [5, 5.41) is 0. The van der Waals surface area contributed by atoms with Crippen molar-refractivity contribution in [2.45, 2.75) is 58.0 Å². The SMILES string of the molecule is CCN(CCC(N)c1ccc(C)cc1)C1CCCC1. The van der Waals surface area contributed by atoms with Gasteiger partial charge in [0.1, 0.15) is 0 Å². The van der Waals surface area contributed by atoms with E-state index in [0.29, 0.717) is 0 Å². The van der Waals surface area contributed by atoms with E-state index in [0.717, 1.165) is 25.6 Å². The lowest BCUT2D eigenvalue weighted by Gasteiger charge is -2.28. The molecule has 2 heteroatoms. The predicted octanol–water partition coefficient (Wildman–Crippen LogP) is 3.65. The lowest BCUT2D eigenvalue weighted by Crippen LogP contribution is -2.35. The molecule has 0 bridgehead atoms. The van der Waals surface area contributed by atoms with Crippen LogP contribution in [0.25, 0.3) is 0 Å². The van der Waals surface area contributed by atoms with E-state index in [2.05, 4.69) is 43.0 Å². The predicted molar refractivity (Wildman–Crippen MR) is 82.2 cm³/mol. The highest BCUT2D eigenvalue weighted by molar-refractivity contribution is 5.23. The zero-order chi connectivity index (χ0) is 13.7. The number of nitrogens with zero attached hydrogens (tertiary/aromatic N) is 1. The van der Waals surface area contributed by atoms with Crippen LogP contribution in [-0.4, -0.2) is 24.0 Å². The molecule has 0 amide bonds. The Balaban J connectivity index is 1.84. The van der Waals surface area contributed by atoms with Crippen molar-refractivity contribution in [1.29, 1.82) is 0 Å². The van der Waals surface area contributed by atoms with Crippen molar-refractivity contribution >= 4 is 0 Å². The van der Waals surface area contributed by atoms with Crippen LogP contribution in [0.5, 0.6) is 0 Å². The molecule has 1 saturated carbocycles. The van der Waals surface area contributed by atoms with Crippen LogP contribution < -0.4 is 5.73 Å². The fraction of sp³-hybridized carbons (Fsp3) is 0.647. The second-order valence-corrected chi connectivity index (χ2v) is 5.87. The summed E-state index contributed by atoms with van der Waals surface area (Å²) in [6.45, 7) is 6.69. The van der Waals surface area contributed by atoms with Gasteiger partial charge in [0.2, 0.25) is 0 Å². The maximum Gasteiger partial charge on any atom is 0.0307 e. The molecule has 0 radical (unpaired) electrons. The molecule has 2 N–H and O–H groups in total. The van der Waals surface area contributed by atoms with Crippen LogP contribution in [0.2, 0.25) is 0 Å². The molecule has 0 aliphatic heterocycles. The fourth-order valence-corrected chi connectivity index (χ4v) is 3.15.